The van der Waals surface area contributed by atoms with Crippen LogP contribution in [0.3, 0.4) is 0 Å². The molecule has 4 heteroatoms. The Kier molecular flexibility index (Phi) is 11.6. The van der Waals surface area contributed by atoms with Crippen LogP contribution in [-0.4, -0.2) is 9.67 Å². The van der Waals surface area contributed by atoms with E-state index in [4.69, 9.17) is 46.4 Å². The van der Waals surface area contributed by atoms with Crippen LogP contribution in [0.4, 0.5) is 0 Å². The van der Waals surface area contributed by atoms with Crippen molar-refractivity contribution >= 4 is 46.4 Å². The first-order chi connectivity index (χ1) is 6.63. The zero-order valence-electron chi connectivity index (χ0n) is 8.32. The maximum atomic E-state index is 5.61. The van der Waals surface area contributed by atoms with Crippen LogP contribution >= 0.6 is 46.4 Å². The van der Waals surface area contributed by atoms with Crippen molar-refractivity contribution in [2.24, 2.45) is 0 Å². The molecule has 0 aliphatic carbocycles. The molecule has 86 valence electrons. The second kappa shape index (κ2) is 10.7. The van der Waals surface area contributed by atoms with E-state index >= 15 is 0 Å². The Labute approximate surface area is 107 Å². The predicted octanol–water partition coefficient (Wildman–Crippen LogP) is 5.71. The summed E-state index contributed by atoms with van der Waals surface area (Å²) in [7, 11) is 0. The summed E-state index contributed by atoms with van der Waals surface area (Å²) >= 11 is 22.4. The lowest BCUT2D eigenvalue weighted by molar-refractivity contribution is 0.580. The molecular weight excluding hydrogens is 262 g/mol. The second-order valence-electron chi connectivity index (χ2n) is 3.48. The lowest BCUT2D eigenvalue weighted by Gasteiger charge is -2.03. The average Bonchev–Trinajstić information content (AvgIpc) is 2.08. The topological polar surface area (TPSA) is 0 Å². The zero-order valence-corrected chi connectivity index (χ0v) is 11.3. The molecule has 0 aliphatic rings. The van der Waals surface area contributed by atoms with Gasteiger partial charge in [-0.15, -0.1) is 46.4 Å². The van der Waals surface area contributed by atoms with Gasteiger partial charge in [-0.1, -0.05) is 38.5 Å². The number of hydrogen-bond acceptors (Lipinski definition) is 0. The first kappa shape index (κ1) is 15.2. The van der Waals surface area contributed by atoms with E-state index < -0.39 is 0 Å². The Balaban J connectivity index is 2.92. The van der Waals surface area contributed by atoms with Crippen LogP contribution in [0.2, 0.25) is 0 Å². The summed E-state index contributed by atoms with van der Waals surface area (Å²) < 4.78 is 0. The highest BCUT2D eigenvalue weighted by atomic mass is 35.5. The van der Waals surface area contributed by atoms with Gasteiger partial charge < -0.3 is 0 Å². The van der Waals surface area contributed by atoms with Gasteiger partial charge in [-0.3, -0.25) is 0 Å². The van der Waals surface area contributed by atoms with Crippen molar-refractivity contribution in [3.8, 4) is 0 Å². The Morgan fingerprint density at radius 2 is 0.786 bits per heavy atom. The van der Waals surface area contributed by atoms with Crippen LogP contribution in [0.25, 0.3) is 0 Å². The Hall–Kier alpha value is 1.16. The molecule has 0 saturated carbocycles. The minimum Gasteiger partial charge on any atom is -0.105 e. The summed E-state index contributed by atoms with van der Waals surface area (Å²) in [6, 6.07) is 0. The van der Waals surface area contributed by atoms with Crippen molar-refractivity contribution in [2.45, 2.75) is 61.0 Å². The number of alkyl halides is 4. The van der Waals surface area contributed by atoms with Crippen molar-refractivity contribution in [2.75, 3.05) is 0 Å². The van der Waals surface area contributed by atoms with Gasteiger partial charge in [0.2, 0.25) is 0 Å². The SMILES string of the molecule is ClC(Cl)CCCCCCCCC(Cl)Cl. The van der Waals surface area contributed by atoms with Crippen LogP contribution in [0.5, 0.6) is 0 Å². The van der Waals surface area contributed by atoms with Crippen LogP contribution in [-0.2, 0) is 0 Å². The van der Waals surface area contributed by atoms with E-state index in [2.05, 4.69) is 0 Å². The Morgan fingerprint density at radius 3 is 1.07 bits per heavy atom. The minimum absolute atomic E-state index is 0.191. The fourth-order valence-corrected chi connectivity index (χ4v) is 1.92. The Morgan fingerprint density at radius 1 is 0.500 bits per heavy atom. The highest BCUT2D eigenvalue weighted by Crippen LogP contribution is 2.16. The van der Waals surface area contributed by atoms with Gasteiger partial charge in [0.1, 0.15) is 9.67 Å². The number of halogens is 4. The van der Waals surface area contributed by atoms with E-state index in [9.17, 15) is 0 Å². The first-order valence-corrected chi connectivity index (χ1v) is 6.94. The number of unbranched alkanes of at least 4 members (excludes halogenated alkanes) is 5. The lowest BCUT2D eigenvalue weighted by atomic mass is 10.1. The van der Waals surface area contributed by atoms with Gasteiger partial charge in [0.15, 0.2) is 0 Å². The van der Waals surface area contributed by atoms with Crippen molar-refractivity contribution in [1.82, 2.24) is 0 Å². The normalized spacial score (nSPS) is 11.6. The molecule has 0 heterocycles. The van der Waals surface area contributed by atoms with Crippen LogP contribution < -0.4 is 0 Å². The summed E-state index contributed by atoms with van der Waals surface area (Å²) in [5.74, 6) is 0. The second-order valence-corrected chi connectivity index (χ2v) is 6.03. The fourth-order valence-electron chi connectivity index (χ4n) is 1.30. The van der Waals surface area contributed by atoms with E-state index in [1.807, 2.05) is 0 Å². The molecule has 0 fully saturated rings. The average molecular weight is 280 g/mol. The van der Waals surface area contributed by atoms with Crippen LogP contribution in [0, 0.1) is 0 Å². The van der Waals surface area contributed by atoms with Gasteiger partial charge in [-0.25, -0.2) is 0 Å². The summed E-state index contributed by atoms with van der Waals surface area (Å²) in [6.45, 7) is 0. The molecule has 0 spiro atoms. The maximum Gasteiger partial charge on any atom is 0.107 e. The molecule has 0 N–H and O–H groups in total. The molecule has 0 unspecified atom stereocenters. The highest BCUT2D eigenvalue weighted by molar-refractivity contribution is 6.44. The van der Waals surface area contributed by atoms with Gasteiger partial charge in [0.05, 0.1) is 0 Å². The predicted molar refractivity (Wildman–Crippen MR) is 67.9 cm³/mol. The lowest BCUT2D eigenvalue weighted by Crippen LogP contribution is -1.88. The first-order valence-electron chi connectivity index (χ1n) is 5.19. The monoisotopic (exact) mass is 278 g/mol. The van der Waals surface area contributed by atoms with E-state index in [0.29, 0.717) is 0 Å². The molecular formula is C10H18Cl4. The molecule has 0 atom stereocenters. The minimum atomic E-state index is -0.191. The fraction of sp³-hybridized carbons (Fsp3) is 1.00. The summed E-state index contributed by atoms with van der Waals surface area (Å²) in [4.78, 5) is -0.383. The Bertz CT molecular complexity index is 101. The molecule has 0 aromatic carbocycles. The van der Waals surface area contributed by atoms with Gasteiger partial charge in [-0.2, -0.15) is 0 Å². The standard InChI is InChI=1S/C10H18Cl4/c11-9(12)7-5-3-1-2-4-6-8-10(13)14/h9-10H,1-8H2. The van der Waals surface area contributed by atoms with Gasteiger partial charge in [-0.05, 0) is 12.8 Å². The van der Waals surface area contributed by atoms with E-state index in [1.54, 1.807) is 0 Å². The van der Waals surface area contributed by atoms with Gasteiger partial charge in [0, 0.05) is 0 Å². The summed E-state index contributed by atoms with van der Waals surface area (Å²) in [6.07, 6.45) is 9.05. The highest BCUT2D eigenvalue weighted by Gasteiger charge is 1.99. The van der Waals surface area contributed by atoms with E-state index in [1.165, 1.54) is 25.7 Å². The third kappa shape index (κ3) is 13.2. The van der Waals surface area contributed by atoms with Gasteiger partial charge in [0.25, 0.3) is 0 Å². The van der Waals surface area contributed by atoms with Gasteiger partial charge >= 0.3 is 0 Å². The largest absolute Gasteiger partial charge is 0.107 e. The molecule has 14 heavy (non-hydrogen) atoms. The number of hydrogen-bond donors (Lipinski definition) is 0. The van der Waals surface area contributed by atoms with Crippen LogP contribution in [0.1, 0.15) is 51.4 Å². The van der Waals surface area contributed by atoms with Crippen molar-refractivity contribution in [3.63, 3.8) is 0 Å². The zero-order chi connectivity index (χ0) is 10.8. The van der Waals surface area contributed by atoms with E-state index in [0.717, 1.165) is 25.7 Å². The van der Waals surface area contributed by atoms with Crippen molar-refractivity contribution in [3.05, 3.63) is 0 Å². The third-order valence-corrected chi connectivity index (χ3v) is 2.97. The molecule has 0 amide bonds. The quantitative estimate of drug-likeness (QED) is 0.374. The smallest absolute Gasteiger partial charge is 0.105 e. The molecule has 0 rings (SSSR count). The maximum absolute atomic E-state index is 5.61. The van der Waals surface area contributed by atoms with E-state index in [-0.39, 0.29) is 9.67 Å². The van der Waals surface area contributed by atoms with Crippen LogP contribution in [0.15, 0.2) is 0 Å². The molecule has 0 radical (unpaired) electrons. The molecule has 0 saturated heterocycles. The molecule has 0 aromatic rings. The van der Waals surface area contributed by atoms with Crippen molar-refractivity contribution in [1.29, 1.82) is 0 Å². The molecule has 0 aromatic heterocycles. The molecule has 0 aliphatic heterocycles. The molecule has 0 bridgehead atoms. The van der Waals surface area contributed by atoms with Crippen molar-refractivity contribution < 1.29 is 0 Å². The third-order valence-electron chi connectivity index (χ3n) is 2.09. The molecule has 0 nitrogen and oxygen atoms in total. The number of rotatable bonds is 9. The summed E-state index contributed by atoms with van der Waals surface area (Å²) in [5, 5.41) is 0. The summed E-state index contributed by atoms with van der Waals surface area (Å²) in [5.41, 5.74) is 0.